The molecule has 1 atom stereocenters. The Morgan fingerprint density at radius 2 is 1.76 bits per heavy atom. The Balaban J connectivity index is 1.47. The van der Waals surface area contributed by atoms with E-state index in [1.54, 1.807) is 6.20 Å². The third-order valence-electron chi connectivity index (χ3n) is 4.95. The van der Waals surface area contributed by atoms with Crippen LogP contribution in [0.1, 0.15) is 39.4 Å². The van der Waals surface area contributed by atoms with Gasteiger partial charge in [0, 0.05) is 17.0 Å². The highest BCUT2D eigenvalue weighted by molar-refractivity contribution is 7.11. The summed E-state index contributed by atoms with van der Waals surface area (Å²) in [6.45, 7) is 2.06. The molecule has 0 radical (unpaired) electrons. The van der Waals surface area contributed by atoms with Gasteiger partial charge in [-0.1, -0.05) is 48.5 Å². The zero-order valence-electron chi connectivity index (χ0n) is 15.8. The molecule has 0 unspecified atom stereocenters. The largest absolute Gasteiger partial charge is 0.481 e. The number of aromatic nitrogens is 1. The lowest BCUT2D eigenvalue weighted by Gasteiger charge is -2.17. The lowest BCUT2D eigenvalue weighted by Crippen LogP contribution is -2.31. The number of fused-ring (bicyclic) bond motifs is 3. The molecule has 1 heterocycles. The number of hydrogen-bond acceptors (Lipinski definition) is 5. The molecule has 0 spiro atoms. The minimum Gasteiger partial charge on any atom is -0.481 e. The van der Waals surface area contributed by atoms with Crippen molar-refractivity contribution in [3.8, 4) is 11.1 Å². The zero-order valence-corrected chi connectivity index (χ0v) is 16.6. The highest BCUT2D eigenvalue weighted by Crippen LogP contribution is 2.44. The fraction of sp³-hybridized carbons (Fsp3) is 0.227. The van der Waals surface area contributed by atoms with E-state index in [0.717, 1.165) is 27.1 Å². The highest BCUT2D eigenvalue weighted by Gasteiger charge is 2.29. The van der Waals surface area contributed by atoms with E-state index in [2.05, 4.69) is 22.4 Å². The van der Waals surface area contributed by atoms with Crippen LogP contribution >= 0.6 is 11.3 Å². The van der Waals surface area contributed by atoms with Crippen molar-refractivity contribution in [2.24, 2.45) is 0 Å². The predicted octanol–water partition coefficient (Wildman–Crippen LogP) is 4.51. The Hall–Kier alpha value is -3.19. The number of aliphatic carboxylic acids is 1. The lowest BCUT2D eigenvalue weighted by molar-refractivity contribution is -0.137. The Bertz CT molecular complexity index is 1020. The summed E-state index contributed by atoms with van der Waals surface area (Å²) in [5.74, 6) is -1.06. The monoisotopic (exact) mass is 408 g/mol. The molecule has 7 heteroatoms. The number of carboxylic acid groups (broad SMARTS) is 1. The minimum atomic E-state index is -1.01. The maximum Gasteiger partial charge on any atom is 0.407 e. The molecule has 148 valence electrons. The van der Waals surface area contributed by atoms with Gasteiger partial charge in [0.15, 0.2) is 0 Å². The lowest BCUT2D eigenvalue weighted by atomic mass is 9.98. The van der Waals surface area contributed by atoms with Crippen LogP contribution in [0.5, 0.6) is 0 Å². The van der Waals surface area contributed by atoms with Crippen LogP contribution in [-0.4, -0.2) is 28.8 Å². The summed E-state index contributed by atoms with van der Waals surface area (Å²) >= 11 is 1.36. The SMILES string of the molecule is Cc1cnc([C@@H](CC(=O)O)NC(=O)OCC2c3ccccc3-c3ccccc32)s1. The van der Waals surface area contributed by atoms with E-state index in [4.69, 9.17) is 4.74 Å². The van der Waals surface area contributed by atoms with Gasteiger partial charge in [-0.3, -0.25) is 4.79 Å². The third kappa shape index (κ3) is 4.00. The first-order chi connectivity index (χ1) is 14.0. The van der Waals surface area contributed by atoms with Crippen LogP contribution in [0.2, 0.25) is 0 Å². The van der Waals surface area contributed by atoms with Gasteiger partial charge in [0.25, 0.3) is 0 Å². The number of rotatable bonds is 6. The van der Waals surface area contributed by atoms with E-state index >= 15 is 0 Å². The van der Waals surface area contributed by atoms with Gasteiger partial charge in [-0.2, -0.15) is 0 Å². The number of nitrogens with zero attached hydrogens (tertiary/aromatic N) is 1. The molecule has 0 saturated carbocycles. The molecule has 0 fully saturated rings. The van der Waals surface area contributed by atoms with Gasteiger partial charge < -0.3 is 15.2 Å². The number of thiazole rings is 1. The Morgan fingerprint density at radius 3 is 2.31 bits per heavy atom. The van der Waals surface area contributed by atoms with Crippen molar-refractivity contribution < 1.29 is 19.4 Å². The fourth-order valence-corrected chi connectivity index (χ4v) is 4.52. The maximum absolute atomic E-state index is 12.4. The van der Waals surface area contributed by atoms with Crippen molar-refractivity contribution in [3.63, 3.8) is 0 Å². The number of alkyl carbamates (subject to hydrolysis) is 1. The number of carbonyl (C=O) groups is 2. The Morgan fingerprint density at radius 1 is 1.14 bits per heavy atom. The van der Waals surface area contributed by atoms with Crippen LogP contribution in [0.15, 0.2) is 54.7 Å². The average molecular weight is 408 g/mol. The smallest absolute Gasteiger partial charge is 0.407 e. The normalized spacial score (nSPS) is 13.4. The van der Waals surface area contributed by atoms with E-state index in [1.165, 1.54) is 11.3 Å². The number of nitrogens with one attached hydrogen (secondary N) is 1. The number of amides is 1. The molecular weight excluding hydrogens is 388 g/mol. The highest BCUT2D eigenvalue weighted by atomic mass is 32.1. The molecular formula is C22H20N2O4S. The predicted molar refractivity (Wildman–Crippen MR) is 110 cm³/mol. The van der Waals surface area contributed by atoms with Crippen LogP contribution in [0.4, 0.5) is 4.79 Å². The van der Waals surface area contributed by atoms with Crippen LogP contribution in [0.3, 0.4) is 0 Å². The van der Waals surface area contributed by atoms with Gasteiger partial charge in [0.1, 0.15) is 11.6 Å². The first-order valence-electron chi connectivity index (χ1n) is 9.28. The maximum atomic E-state index is 12.4. The second-order valence-corrected chi connectivity index (χ2v) is 8.20. The standard InChI is InChI=1S/C22H20N2O4S/c1-13-11-23-21(29-13)19(10-20(25)26)24-22(27)28-12-18-16-8-4-2-6-14(16)15-7-3-5-9-17(15)18/h2-9,11,18-19H,10,12H2,1H3,(H,24,27)(H,25,26)/t19-/m1/s1. The number of hydrogen-bond donors (Lipinski definition) is 2. The first-order valence-corrected chi connectivity index (χ1v) is 10.1. The molecule has 0 bridgehead atoms. The van der Waals surface area contributed by atoms with Gasteiger partial charge >= 0.3 is 12.1 Å². The summed E-state index contributed by atoms with van der Waals surface area (Å²) in [4.78, 5) is 28.8. The van der Waals surface area contributed by atoms with E-state index in [-0.39, 0.29) is 18.9 Å². The second kappa shape index (κ2) is 8.05. The van der Waals surface area contributed by atoms with E-state index < -0.39 is 18.1 Å². The van der Waals surface area contributed by atoms with Crippen molar-refractivity contribution in [2.45, 2.75) is 25.3 Å². The van der Waals surface area contributed by atoms with Crippen LogP contribution in [0.25, 0.3) is 11.1 Å². The molecule has 1 aromatic heterocycles. The van der Waals surface area contributed by atoms with Gasteiger partial charge in [-0.05, 0) is 29.2 Å². The molecule has 0 saturated heterocycles. The minimum absolute atomic E-state index is 0.0480. The fourth-order valence-electron chi connectivity index (χ4n) is 3.69. The molecule has 0 aliphatic heterocycles. The van der Waals surface area contributed by atoms with Crippen molar-refractivity contribution in [3.05, 3.63) is 75.7 Å². The summed E-state index contributed by atoms with van der Waals surface area (Å²) in [6.07, 6.45) is 0.761. The van der Waals surface area contributed by atoms with E-state index in [9.17, 15) is 14.7 Å². The van der Waals surface area contributed by atoms with Crippen LogP contribution in [0, 0.1) is 6.92 Å². The molecule has 3 aromatic rings. The van der Waals surface area contributed by atoms with Gasteiger partial charge in [-0.15, -0.1) is 11.3 Å². The van der Waals surface area contributed by atoms with Gasteiger partial charge in [0.2, 0.25) is 0 Å². The average Bonchev–Trinajstić information content (AvgIpc) is 3.27. The molecule has 2 aromatic carbocycles. The van der Waals surface area contributed by atoms with Crippen molar-refractivity contribution in [1.82, 2.24) is 10.3 Å². The number of ether oxygens (including phenoxy) is 1. The summed E-state index contributed by atoms with van der Waals surface area (Å²) < 4.78 is 5.51. The molecule has 1 aliphatic rings. The first kappa shape index (κ1) is 19.1. The van der Waals surface area contributed by atoms with Gasteiger partial charge in [-0.25, -0.2) is 9.78 Å². The third-order valence-corrected chi connectivity index (χ3v) is 5.98. The quantitative estimate of drug-likeness (QED) is 0.627. The number of aryl methyl sites for hydroxylation is 1. The Kier molecular flexibility index (Phi) is 5.31. The van der Waals surface area contributed by atoms with E-state index in [0.29, 0.717) is 5.01 Å². The van der Waals surface area contributed by atoms with Crippen molar-refractivity contribution in [2.75, 3.05) is 6.61 Å². The molecule has 1 aliphatic carbocycles. The van der Waals surface area contributed by atoms with E-state index in [1.807, 2.05) is 43.3 Å². The van der Waals surface area contributed by atoms with Gasteiger partial charge in [0.05, 0.1) is 12.5 Å². The van der Waals surface area contributed by atoms with Crippen molar-refractivity contribution in [1.29, 1.82) is 0 Å². The zero-order chi connectivity index (χ0) is 20.4. The summed E-state index contributed by atoms with van der Waals surface area (Å²) in [5.41, 5.74) is 4.55. The Labute approximate surface area is 172 Å². The molecule has 2 N–H and O–H groups in total. The molecule has 29 heavy (non-hydrogen) atoms. The van der Waals surface area contributed by atoms with Crippen molar-refractivity contribution >= 4 is 23.4 Å². The molecule has 6 nitrogen and oxygen atoms in total. The number of carbonyl (C=O) groups excluding carboxylic acids is 1. The van der Waals surface area contributed by atoms with Crippen LogP contribution < -0.4 is 5.32 Å². The molecule has 1 amide bonds. The summed E-state index contributed by atoms with van der Waals surface area (Å²) in [6, 6.07) is 15.5. The summed E-state index contributed by atoms with van der Waals surface area (Å²) in [5, 5.41) is 12.4. The number of carboxylic acids is 1. The topological polar surface area (TPSA) is 88.5 Å². The molecule has 4 rings (SSSR count). The second-order valence-electron chi connectivity index (χ2n) is 6.93. The van der Waals surface area contributed by atoms with Crippen LogP contribution in [-0.2, 0) is 9.53 Å². The number of benzene rings is 2. The summed E-state index contributed by atoms with van der Waals surface area (Å²) in [7, 11) is 0.